The first-order valence-corrected chi connectivity index (χ1v) is 7.28. The molecule has 0 aliphatic carbocycles. The largest absolute Gasteiger partial charge is 0.517 e. The number of halogens is 5. The molecule has 0 aliphatic rings. The molecular weight excluding hydrogens is 321 g/mol. The van der Waals surface area contributed by atoms with Gasteiger partial charge in [0.05, 0.1) is 6.17 Å². The Morgan fingerprint density at radius 3 is 1.76 bits per heavy atom. The van der Waals surface area contributed by atoms with Crippen molar-refractivity contribution in [3.8, 4) is 0 Å². The van der Waals surface area contributed by atoms with Crippen molar-refractivity contribution in [2.24, 2.45) is 0 Å². The first-order chi connectivity index (χ1) is 9.68. The highest BCUT2D eigenvalue weighted by Crippen LogP contribution is 2.22. The van der Waals surface area contributed by atoms with Crippen LogP contribution in [0.2, 0.25) is 0 Å². The summed E-state index contributed by atoms with van der Waals surface area (Å²) in [6.07, 6.45) is -0.682. The lowest BCUT2D eigenvalue weighted by atomic mass is 10.1. The summed E-state index contributed by atoms with van der Waals surface area (Å²) in [7, 11) is -1.69. The Hall–Kier alpha value is -1.56. The van der Waals surface area contributed by atoms with Gasteiger partial charge in [0.1, 0.15) is 5.56 Å². The number of carbonyl (C=O) groups excluding carboxylic acids is 1. The zero-order valence-corrected chi connectivity index (χ0v) is 11.8. The second-order valence-corrected chi connectivity index (χ2v) is 6.34. The third kappa shape index (κ3) is 3.37. The van der Waals surface area contributed by atoms with Gasteiger partial charge in [-0.05, 0) is 0 Å². The number of carbonyl (C=O) groups is 1. The van der Waals surface area contributed by atoms with Crippen molar-refractivity contribution in [3.63, 3.8) is 0 Å². The highest BCUT2D eigenvalue weighted by molar-refractivity contribution is 6.59. The number of rotatable bonds is 5. The van der Waals surface area contributed by atoms with E-state index in [0.29, 0.717) is 0 Å². The molecule has 0 saturated carbocycles. The minimum Gasteiger partial charge on any atom is -0.389 e. The van der Waals surface area contributed by atoms with E-state index >= 15 is 0 Å². The van der Waals surface area contributed by atoms with Gasteiger partial charge in [-0.25, -0.2) is 22.0 Å². The number of nitrogens with one attached hydrogen (secondary N) is 1. The predicted molar refractivity (Wildman–Crippen MR) is 60.6 cm³/mol. The normalized spacial score (nSPS) is 11.6. The monoisotopic (exact) mass is 331 g/mol. The highest BCUT2D eigenvalue weighted by Gasteiger charge is 2.36. The Morgan fingerprint density at radius 2 is 1.38 bits per heavy atom. The van der Waals surface area contributed by atoms with Gasteiger partial charge in [-0.15, -0.1) is 0 Å². The molecule has 1 rings (SSSR count). The third-order valence-corrected chi connectivity index (χ3v) is 4.45. The van der Waals surface area contributed by atoms with Gasteiger partial charge in [0.25, 0.3) is 5.91 Å². The summed E-state index contributed by atoms with van der Waals surface area (Å²) in [6, 6.07) is 0. The first kappa shape index (κ1) is 17.5. The standard InChI is InChI=1S/C10H10F5NO4Si/c1-19-21(18,20-2)3-16-10(17)4-5(11)7(13)9(15)8(14)6(4)12/h18H,3H2,1-2H3,(H,16,17). The van der Waals surface area contributed by atoms with E-state index in [1.807, 2.05) is 0 Å². The first-order valence-electron chi connectivity index (χ1n) is 5.30. The van der Waals surface area contributed by atoms with Crippen molar-refractivity contribution in [2.75, 3.05) is 20.4 Å². The molecule has 0 aliphatic heterocycles. The van der Waals surface area contributed by atoms with Gasteiger partial charge in [-0.2, -0.15) is 0 Å². The molecule has 11 heteroatoms. The van der Waals surface area contributed by atoms with E-state index in [0.717, 1.165) is 14.2 Å². The fraction of sp³-hybridized carbons (Fsp3) is 0.300. The molecule has 0 heterocycles. The Morgan fingerprint density at radius 1 is 1.00 bits per heavy atom. The Balaban J connectivity index is 3.10. The van der Waals surface area contributed by atoms with Crippen LogP contribution in [0.15, 0.2) is 0 Å². The maximum absolute atomic E-state index is 13.3. The smallest absolute Gasteiger partial charge is 0.389 e. The van der Waals surface area contributed by atoms with Crippen molar-refractivity contribution in [1.82, 2.24) is 5.32 Å². The maximum atomic E-state index is 13.3. The topological polar surface area (TPSA) is 67.8 Å². The van der Waals surface area contributed by atoms with Crippen LogP contribution in [0.5, 0.6) is 0 Å². The van der Waals surface area contributed by atoms with Crippen LogP contribution < -0.4 is 5.32 Å². The molecule has 1 aromatic carbocycles. The van der Waals surface area contributed by atoms with E-state index in [2.05, 4.69) is 8.85 Å². The quantitative estimate of drug-likeness (QED) is 0.364. The summed E-state index contributed by atoms with van der Waals surface area (Å²) in [6.45, 7) is 0. The van der Waals surface area contributed by atoms with Crippen LogP contribution in [0.4, 0.5) is 22.0 Å². The summed E-state index contributed by atoms with van der Waals surface area (Å²) >= 11 is 0. The molecule has 5 nitrogen and oxygen atoms in total. The second-order valence-electron chi connectivity index (χ2n) is 3.75. The molecule has 0 spiro atoms. The average molecular weight is 331 g/mol. The van der Waals surface area contributed by atoms with Crippen LogP contribution in [-0.2, 0) is 8.85 Å². The van der Waals surface area contributed by atoms with E-state index in [1.165, 1.54) is 0 Å². The van der Waals surface area contributed by atoms with Crippen LogP contribution in [0.3, 0.4) is 0 Å². The number of hydrogen-bond acceptors (Lipinski definition) is 4. The summed E-state index contributed by atoms with van der Waals surface area (Å²) in [4.78, 5) is 21.1. The predicted octanol–water partition coefficient (Wildman–Crippen LogP) is 0.875. The maximum Gasteiger partial charge on any atom is 0.517 e. The van der Waals surface area contributed by atoms with Gasteiger partial charge in [0.15, 0.2) is 23.3 Å². The van der Waals surface area contributed by atoms with Gasteiger partial charge in [-0.3, -0.25) is 4.79 Å². The van der Waals surface area contributed by atoms with Crippen molar-refractivity contribution < 1.29 is 40.4 Å². The summed E-state index contributed by atoms with van der Waals surface area (Å²) in [5.41, 5.74) is -1.66. The van der Waals surface area contributed by atoms with Crippen molar-refractivity contribution >= 4 is 14.7 Å². The van der Waals surface area contributed by atoms with Gasteiger partial charge in [-0.1, -0.05) is 0 Å². The lowest BCUT2D eigenvalue weighted by molar-refractivity contribution is 0.0923. The number of hydrogen-bond donors (Lipinski definition) is 2. The zero-order chi connectivity index (χ0) is 16.4. The molecular formula is C10H10F5NO4Si. The molecule has 2 N–H and O–H groups in total. The fourth-order valence-electron chi connectivity index (χ4n) is 1.31. The summed E-state index contributed by atoms with van der Waals surface area (Å²) < 4.78 is 74.5. The number of benzene rings is 1. The van der Waals surface area contributed by atoms with Gasteiger partial charge in [0.2, 0.25) is 5.82 Å². The average Bonchev–Trinajstić information content (AvgIpc) is 2.48. The second kappa shape index (κ2) is 6.47. The molecule has 0 fully saturated rings. The van der Waals surface area contributed by atoms with E-state index in [1.54, 1.807) is 5.32 Å². The van der Waals surface area contributed by atoms with Crippen molar-refractivity contribution in [1.29, 1.82) is 0 Å². The third-order valence-electron chi connectivity index (χ3n) is 2.55. The molecule has 118 valence electrons. The van der Waals surface area contributed by atoms with Gasteiger partial charge in [0, 0.05) is 14.2 Å². The lowest BCUT2D eigenvalue weighted by Crippen LogP contribution is -2.51. The zero-order valence-electron chi connectivity index (χ0n) is 10.8. The molecule has 0 unspecified atom stereocenters. The minimum atomic E-state index is -3.80. The minimum absolute atomic E-state index is 0.682. The van der Waals surface area contributed by atoms with E-state index in [4.69, 9.17) is 0 Å². The van der Waals surface area contributed by atoms with Crippen molar-refractivity contribution in [3.05, 3.63) is 34.6 Å². The number of amides is 1. The Labute approximate surface area is 116 Å². The molecule has 0 bridgehead atoms. The summed E-state index contributed by atoms with van der Waals surface area (Å²) in [5, 5.41) is 1.78. The van der Waals surface area contributed by atoms with Crippen LogP contribution in [0.1, 0.15) is 10.4 Å². The van der Waals surface area contributed by atoms with Crippen molar-refractivity contribution in [2.45, 2.75) is 0 Å². The lowest BCUT2D eigenvalue weighted by Gasteiger charge is -2.20. The molecule has 0 saturated heterocycles. The Bertz CT molecular complexity index is 538. The molecule has 1 aromatic rings. The van der Waals surface area contributed by atoms with E-state index < -0.39 is 55.5 Å². The van der Waals surface area contributed by atoms with Gasteiger partial charge >= 0.3 is 8.80 Å². The van der Waals surface area contributed by atoms with Crippen LogP contribution in [0, 0.1) is 29.1 Å². The van der Waals surface area contributed by atoms with Crippen LogP contribution in [0.25, 0.3) is 0 Å². The molecule has 0 aromatic heterocycles. The molecule has 0 atom stereocenters. The van der Waals surface area contributed by atoms with Crippen LogP contribution >= 0.6 is 0 Å². The SMILES string of the molecule is CO[Si](O)(CNC(=O)c1c(F)c(F)c(F)c(F)c1F)OC. The van der Waals surface area contributed by atoms with Crippen LogP contribution in [-0.4, -0.2) is 39.9 Å². The molecule has 1 amide bonds. The summed E-state index contributed by atoms with van der Waals surface area (Å²) in [5.74, 6) is -13.0. The van der Waals surface area contributed by atoms with Gasteiger partial charge < -0.3 is 19.0 Å². The molecule has 21 heavy (non-hydrogen) atoms. The van der Waals surface area contributed by atoms with E-state index in [9.17, 15) is 31.5 Å². The van der Waals surface area contributed by atoms with E-state index in [-0.39, 0.29) is 0 Å². The Kier molecular flexibility index (Phi) is 5.39. The molecule has 0 radical (unpaired) electrons. The highest BCUT2D eigenvalue weighted by atomic mass is 28.4. The fourth-order valence-corrected chi connectivity index (χ4v) is 2.15.